The minimum atomic E-state index is -0.388. The van der Waals surface area contributed by atoms with Crippen molar-refractivity contribution in [1.29, 1.82) is 0 Å². The van der Waals surface area contributed by atoms with Gasteiger partial charge in [-0.2, -0.15) is 5.10 Å². The van der Waals surface area contributed by atoms with E-state index in [2.05, 4.69) is 15.2 Å². The highest BCUT2D eigenvalue weighted by molar-refractivity contribution is 7.71. The second-order valence-electron chi connectivity index (χ2n) is 3.84. The van der Waals surface area contributed by atoms with Crippen molar-refractivity contribution in [1.82, 2.24) is 15.2 Å². The molecule has 0 amide bonds. The number of nitrogens with zero attached hydrogens (tertiary/aromatic N) is 2. The van der Waals surface area contributed by atoms with Crippen molar-refractivity contribution < 1.29 is 4.39 Å². The van der Waals surface area contributed by atoms with Gasteiger partial charge >= 0.3 is 0 Å². The first-order valence-electron chi connectivity index (χ1n) is 5.34. The van der Waals surface area contributed by atoms with Crippen LogP contribution >= 0.6 is 12.2 Å². The molecule has 0 atom stereocenters. The standard InChI is InChI=1S/C13H8FN3S/c14-9-5-8(6-15-7-9)12-10-3-1-2-4-11(10)13(18)17-16-12/h1-7H,(H,17,18). The first kappa shape index (κ1) is 11.0. The summed E-state index contributed by atoms with van der Waals surface area (Å²) in [6, 6.07) is 9.02. The van der Waals surface area contributed by atoms with Gasteiger partial charge in [-0.05, 0) is 6.07 Å². The number of aromatic amines is 1. The molecule has 0 bridgehead atoms. The monoisotopic (exact) mass is 257 g/mol. The molecule has 0 radical (unpaired) electrons. The first-order chi connectivity index (χ1) is 8.75. The van der Waals surface area contributed by atoms with E-state index in [1.807, 2.05) is 24.3 Å². The average molecular weight is 257 g/mol. The Hall–Kier alpha value is -2.14. The van der Waals surface area contributed by atoms with Gasteiger partial charge in [-0.3, -0.25) is 10.1 Å². The third-order valence-corrected chi connectivity index (χ3v) is 2.99. The van der Waals surface area contributed by atoms with E-state index in [4.69, 9.17) is 12.2 Å². The zero-order chi connectivity index (χ0) is 12.5. The predicted molar refractivity (Wildman–Crippen MR) is 70.1 cm³/mol. The molecular weight excluding hydrogens is 249 g/mol. The zero-order valence-corrected chi connectivity index (χ0v) is 10.0. The Bertz CT molecular complexity index is 782. The number of nitrogens with one attached hydrogen (secondary N) is 1. The molecule has 88 valence electrons. The van der Waals surface area contributed by atoms with E-state index in [1.165, 1.54) is 6.07 Å². The van der Waals surface area contributed by atoms with Gasteiger partial charge in [-0.25, -0.2) is 4.39 Å². The van der Waals surface area contributed by atoms with E-state index in [0.717, 1.165) is 17.0 Å². The number of fused-ring (bicyclic) bond motifs is 1. The molecule has 0 aliphatic heterocycles. The van der Waals surface area contributed by atoms with Crippen LogP contribution in [-0.2, 0) is 0 Å². The number of hydrogen-bond acceptors (Lipinski definition) is 3. The third kappa shape index (κ3) is 1.78. The molecule has 0 saturated heterocycles. The summed E-state index contributed by atoms with van der Waals surface area (Å²) < 4.78 is 13.8. The largest absolute Gasteiger partial charge is 0.267 e. The molecule has 1 aromatic carbocycles. The van der Waals surface area contributed by atoms with Crippen LogP contribution in [0.25, 0.3) is 22.0 Å². The first-order valence-corrected chi connectivity index (χ1v) is 5.75. The van der Waals surface area contributed by atoms with Gasteiger partial charge in [0.1, 0.15) is 16.2 Å². The van der Waals surface area contributed by atoms with Crippen LogP contribution in [0.2, 0.25) is 0 Å². The van der Waals surface area contributed by atoms with Crippen molar-refractivity contribution >= 4 is 23.0 Å². The molecular formula is C13H8FN3S. The normalized spacial score (nSPS) is 10.7. The van der Waals surface area contributed by atoms with Crippen LogP contribution in [0.4, 0.5) is 4.39 Å². The summed E-state index contributed by atoms with van der Waals surface area (Å²) in [6.45, 7) is 0. The van der Waals surface area contributed by atoms with E-state index >= 15 is 0 Å². The molecule has 5 heteroatoms. The number of aromatic nitrogens is 3. The van der Waals surface area contributed by atoms with E-state index in [9.17, 15) is 4.39 Å². The van der Waals surface area contributed by atoms with Gasteiger partial charge in [0.2, 0.25) is 0 Å². The Morgan fingerprint density at radius 3 is 2.67 bits per heavy atom. The smallest absolute Gasteiger partial charge is 0.142 e. The summed E-state index contributed by atoms with van der Waals surface area (Å²) in [5.41, 5.74) is 1.27. The van der Waals surface area contributed by atoms with Crippen molar-refractivity contribution in [3.8, 4) is 11.3 Å². The van der Waals surface area contributed by atoms with Crippen molar-refractivity contribution in [2.45, 2.75) is 0 Å². The molecule has 3 rings (SSSR count). The minimum absolute atomic E-state index is 0.388. The lowest BCUT2D eigenvalue weighted by atomic mass is 10.1. The Morgan fingerprint density at radius 1 is 1.11 bits per heavy atom. The predicted octanol–water partition coefficient (Wildman–Crippen LogP) is 3.49. The number of pyridine rings is 1. The lowest BCUT2D eigenvalue weighted by molar-refractivity contribution is 0.622. The van der Waals surface area contributed by atoms with Crippen molar-refractivity contribution in [2.75, 3.05) is 0 Å². The van der Waals surface area contributed by atoms with Crippen LogP contribution in [-0.4, -0.2) is 15.2 Å². The lowest BCUT2D eigenvalue weighted by Crippen LogP contribution is -1.92. The summed E-state index contributed by atoms with van der Waals surface area (Å²) in [7, 11) is 0. The van der Waals surface area contributed by atoms with Crippen molar-refractivity contribution in [3.05, 3.63) is 53.2 Å². The molecule has 1 N–H and O–H groups in total. The van der Waals surface area contributed by atoms with Crippen LogP contribution in [0.1, 0.15) is 0 Å². The van der Waals surface area contributed by atoms with Crippen LogP contribution < -0.4 is 0 Å². The van der Waals surface area contributed by atoms with E-state index in [1.54, 1.807) is 6.20 Å². The minimum Gasteiger partial charge on any atom is -0.267 e. The summed E-state index contributed by atoms with van der Waals surface area (Å²) in [5, 5.41) is 8.73. The molecule has 2 heterocycles. The highest BCUT2D eigenvalue weighted by atomic mass is 32.1. The number of H-pyrrole nitrogens is 1. The molecule has 3 nitrogen and oxygen atoms in total. The van der Waals surface area contributed by atoms with E-state index in [-0.39, 0.29) is 5.82 Å². The summed E-state index contributed by atoms with van der Waals surface area (Å²) in [6.07, 6.45) is 2.74. The maximum absolute atomic E-state index is 13.2. The highest BCUT2D eigenvalue weighted by Gasteiger charge is 2.07. The topological polar surface area (TPSA) is 41.6 Å². The van der Waals surface area contributed by atoms with Crippen LogP contribution in [0.15, 0.2) is 42.7 Å². The van der Waals surface area contributed by atoms with E-state index < -0.39 is 0 Å². The molecule has 0 fully saturated rings. The lowest BCUT2D eigenvalue weighted by Gasteiger charge is -2.05. The molecule has 0 spiro atoms. The average Bonchev–Trinajstić information content (AvgIpc) is 2.39. The SMILES string of the molecule is Fc1cncc(-c2n[nH]c(=S)c3ccccc23)c1. The van der Waals surface area contributed by atoms with Gasteiger partial charge in [-0.1, -0.05) is 36.5 Å². The van der Waals surface area contributed by atoms with Crippen molar-refractivity contribution in [2.24, 2.45) is 0 Å². The Kier molecular flexibility index (Phi) is 2.60. The molecule has 18 heavy (non-hydrogen) atoms. The van der Waals surface area contributed by atoms with Gasteiger partial charge < -0.3 is 0 Å². The fourth-order valence-electron chi connectivity index (χ4n) is 1.88. The quantitative estimate of drug-likeness (QED) is 0.678. The molecule has 0 aliphatic rings. The second-order valence-corrected chi connectivity index (χ2v) is 4.25. The fraction of sp³-hybridized carbons (Fsp3) is 0. The zero-order valence-electron chi connectivity index (χ0n) is 9.22. The van der Waals surface area contributed by atoms with Crippen LogP contribution in [0, 0.1) is 10.5 Å². The molecule has 0 aliphatic carbocycles. The van der Waals surface area contributed by atoms with E-state index in [0.29, 0.717) is 15.9 Å². The summed E-state index contributed by atoms with van der Waals surface area (Å²) in [4.78, 5) is 3.83. The van der Waals surface area contributed by atoms with Gasteiger partial charge in [0.05, 0.1) is 6.20 Å². The third-order valence-electron chi connectivity index (χ3n) is 2.67. The van der Waals surface area contributed by atoms with Crippen molar-refractivity contribution in [3.63, 3.8) is 0 Å². The fourth-order valence-corrected chi connectivity index (χ4v) is 2.10. The number of halogens is 1. The Labute approximate surface area is 107 Å². The van der Waals surface area contributed by atoms with Gasteiger partial charge in [0.25, 0.3) is 0 Å². The number of hydrogen-bond donors (Lipinski definition) is 1. The molecule has 0 unspecified atom stereocenters. The van der Waals surface area contributed by atoms with Crippen LogP contribution in [0.5, 0.6) is 0 Å². The Morgan fingerprint density at radius 2 is 1.89 bits per heavy atom. The molecule has 0 saturated carbocycles. The van der Waals surface area contributed by atoms with Gasteiger partial charge in [0.15, 0.2) is 0 Å². The maximum Gasteiger partial charge on any atom is 0.142 e. The molecule has 3 aromatic rings. The summed E-state index contributed by atoms with van der Waals surface area (Å²) in [5.74, 6) is -0.388. The second kappa shape index (κ2) is 4.27. The molecule has 2 aromatic heterocycles. The highest BCUT2D eigenvalue weighted by Crippen LogP contribution is 2.25. The summed E-state index contributed by atoms with van der Waals surface area (Å²) >= 11 is 5.18. The van der Waals surface area contributed by atoms with Gasteiger partial charge in [0, 0.05) is 22.5 Å². The number of rotatable bonds is 1. The number of benzene rings is 1. The Balaban J connectivity index is 2.37. The van der Waals surface area contributed by atoms with Crippen LogP contribution in [0.3, 0.4) is 0 Å². The maximum atomic E-state index is 13.2. The van der Waals surface area contributed by atoms with Gasteiger partial charge in [-0.15, -0.1) is 0 Å².